The molecule has 0 saturated carbocycles. The van der Waals surface area contributed by atoms with Crippen LogP contribution in [0.1, 0.15) is 48.1 Å². The molecule has 0 fully saturated rings. The van der Waals surface area contributed by atoms with Gasteiger partial charge < -0.3 is 19.9 Å². The Morgan fingerprint density at radius 2 is 1.93 bits per heavy atom. The van der Waals surface area contributed by atoms with Gasteiger partial charge in [-0.2, -0.15) is 0 Å². The molecule has 0 bridgehead atoms. The zero-order chi connectivity index (χ0) is 21.3. The molecule has 8 heteroatoms. The van der Waals surface area contributed by atoms with Crippen LogP contribution >= 0.6 is 0 Å². The lowest BCUT2D eigenvalue weighted by molar-refractivity contribution is -0.114. The molecular weight excluding hydrogens is 382 g/mol. The molecule has 0 unspecified atom stereocenters. The smallest absolute Gasteiger partial charge is 0.258 e. The summed E-state index contributed by atoms with van der Waals surface area (Å²) in [5.74, 6) is 1.02. The molecule has 1 aliphatic rings. The third kappa shape index (κ3) is 3.85. The van der Waals surface area contributed by atoms with Gasteiger partial charge in [0.15, 0.2) is 5.65 Å². The number of carbonyl (C=O) groups excluding carboxylic acids is 2. The fourth-order valence-electron chi connectivity index (χ4n) is 3.86. The summed E-state index contributed by atoms with van der Waals surface area (Å²) >= 11 is 0. The van der Waals surface area contributed by atoms with E-state index in [0.717, 1.165) is 43.0 Å². The van der Waals surface area contributed by atoms with Gasteiger partial charge >= 0.3 is 0 Å². The Bertz CT molecular complexity index is 1140. The molecule has 3 heterocycles. The maximum atomic E-state index is 13.1. The normalized spacial score (nSPS) is 13.4. The van der Waals surface area contributed by atoms with E-state index in [0.29, 0.717) is 28.2 Å². The lowest BCUT2D eigenvalue weighted by Gasteiger charge is -2.12. The van der Waals surface area contributed by atoms with Crippen molar-refractivity contribution in [1.29, 1.82) is 0 Å². The number of ether oxygens (including phenoxy) is 1. The van der Waals surface area contributed by atoms with Gasteiger partial charge in [-0.05, 0) is 44.0 Å². The number of methoxy groups -OCH3 is 1. The fraction of sp³-hybridized carbons (Fsp3) is 0.364. The van der Waals surface area contributed by atoms with Gasteiger partial charge in [-0.1, -0.05) is 6.42 Å². The first-order chi connectivity index (χ1) is 14.5. The number of benzene rings is 1. The Kier molecular flexibility index (Phi) is 5.39. The number of pyridine rings is 1. The number of aryl methyl sites for hydroxylation is 3. The number of amides is 2. The van der Waals surface area contributed by atoms with E-state index < -0.39 is 0 Å². The van der Waals surface area contributed by atoms with Gasteiger partial charge in [-0.15, -0.1) is 0 Å². The number of hydrogen-bond acceptors (Lipinski definition) is 5. The minimum atomic E-state index is -0.266. The first-order valence-corrected chi connectivity index (χ1v) is 10.1. The van der Waals surface area contributed by atoms with Gasteiger partial charge in [-0.3, -0.25) is 9.59 Å². The molecule has 2 N–H and O–H groups in total. The quantitative estimate of drug-likeness (QED) is 0.687. The van der Waals surface area contributed by atoms with Crippen LogP contribution in [0.5, 0.6) is 5.75 Å². The Hall–Kier alpha value is -3.42. The van der Waals surface area contributed by atoms with Crippen LogP contribution in [-0.2, 0) is 17.8 Å². The topological polar surface area (TPSA) is 98.1 Å². The lowest BCUT2D eigenvalue weighted by atomic mass is 10.1. The van der Waals surface area contributed by atoms with Crippen molar-refractivity contribution in [2.24, 2.45) is 0 Å². The molecule has 156 valence electrons. The highest BCUT2D eigenvalue weighted by atomic mass is 16.5. The molecule has 2 amide bonds. The molecule has 1 aliphatic heterocycles. The zero-order valence-corrected chi connectivity index (χ0v) is 17.4. The molecule has 0 atom stereocenters. The number of nitrogens with one attached hydrogen (secondary N) is 2. The molecule has 1 aromatic carbocycles. The molecular formula is C22H25N5O3. The summed E-state index contributed by atoms with van der Waals surface area (Å²) in [6.07, 6.45) is 4.27. The van der Waals surface area contributed by atoms with Crippen LogP contribution in [-0.4, -0.2) is 33.5 Å². The number of anilines is 2. The van der Waals surface area contributed by atoms with Crippen molar-refractivity contribution in [1.82, 2.24) is 14.5 Å². The van der Waals surface area contributed by atoms with E-state index in [2.05, 4.69) is 20.2 Å². The van der Waals surface area contributed by atoms with E-state index in [1.54, 1.807) is 24.3 Å². The number of imidazole rings is 1. The van der Waals surface area contributed by atoms with Gasteiger partial charge in [0.25, 0.3) is 5.91 Å². The summed E-state index contributed by atoms with van der Waals surface area (Å²) in [7, 11) is 1.53. The maximum absolute atomic E-state index is 13.1. The number of hydrogen-bond donors (Lipinski definition) is 2. The molecule has 3 aromatic rings. The van der Waals surface area contributed by atoms with Crippen LogP contribution in [0.25, 0.3) is 11.2 Å². The van der Waals surface area contributed by atoms with Crippen LogP contribution in [0.4, 0.5) is 11.4 Å². The second-order valence-electron chi connectivity index (χ2n) is 7.52. The van der Waals surface area contributed by atoms with E-state index in [1.807, 2.05) is 6.92 Å². The third-order valence-corrected chi connectivity index (χ3v) is 5.21. The van der Waals surface area contributed by atoms with Crippen molar-refractivity contribution in [2.75, 3.05) is 17.7 Å². The fourth-order valence-corrected chi connectivity index (χ4v) is 3.86. The second-order valence-corrected chi connectivity index (χ2v) is 7.52. The van der Waals surface area contributed by atoms with E-state index in [4.69, 9.17) is 9.72 Å². The SMILES string of the molecule is COc1ccc(NC(=O)c2cc(C)nc3c2nc2n3CCCCC2)cc1NC(C)=O. The summed E-state index contributed by atoms with van der Waals surface area (Å²) in [6.45, 7) is 4.18. The molecule has 0 aliphatic carbocycles. The van der Waals surface area contributed by atoms with Crippen molar-refractivity contribution < 1.29 is 14.3 Å². The van der Waals surface area contributed by atoms with Crippen LogP contribution in [0.2, 0.25) is 0 Å². The van der Waals surface area contributed by atoms with Gasteiger partial charge in [0.1, 0.15) is 17.1 Å². The van der Waals surface area contributed by atoms with Gasteiger partial charge in [0.2, 0.25) is 5.91 Å². The molecule has 0 saturated heterocycles. The van der Waals surface area contributed by atoms with Crippen molar-refractivity contribution in [3.8, 4) is 5.75 Å². The van der Waals surface area contributed by atoms with Gasteiger partial charge in [-0.25, -0.2) is 9.97 Å². The monoisotopic (exact) mass is 407 g/mol. The predicted molar refractivity (Wildman–Crippen MR) is 115 cm³/mol. The molecule has 2 aromatic heterocycles. The van der Waals surface area contributed by atoms with Crippen molar-refractivity contribution in [3.05, 3.63) is 41.3 Å². The third-order valence-electron chi connectivity index (χ3n) is 5.21. The number of fused-ring (bicyclic) bond motifs is 3. The minimum Gasteiger partial charge on any atom is -0.495 e. The largest absolute Gasteiger partial charge is 0.495 e. The maximum Gasteiger partial charge on any atom is 0.258 e. The van der Waals surface area contributed by atoms with Crippen molar-refractivity contribution >= 4 is 34.4 Å². The highest BCUT2D eigenvalue weighted by Crippen LogP contribution is 2.29. The second kappa shape index (κ2) is 8.14. The van der Waals surface area contributed by atoms with Crippen LogP contribution in [0, 0.1) is 6.92 Å². The van der Waals surface area contributed by atoms with Crippen LogP contribution in [0.15, 0.2) is 24.3 Å². The summed E-state index contributed by atoms with van der Waals surface area (Å²) in [5, 5.41) is 5.63. The van der Waals surface area contributed by atoms with Crippen LogP contribution in [0.3, 0.4) is 0 Å². The Labute approximate surface area is 174 Å². The lowest BCUT2D eigenvalue weighted by Crippen LogP contribution is -2.14. The number of carbonyl (C=O) groups is 2. The van der Waals surface area contributed by atoms with E-state index in [-0.39, 0.29) is 11.8 Å². The van der Waals surface area contributed by atoms with Gasteiger partial charge in [0.05, 0.1) is 18.4 Å². The van der Waals surface area contributed by atoms with E-state index in [1.165, 1.54) is 20.5 Å². The summed E-state index contributed by atoms with van der Waals surface area (Å²) in [6, 6.07) is 6.87. The summed E-state index contributed by atoms with van der Waals surface area (Å²) in [5.41, 5.74) is 3.71. The molecule has 4 rings (SSSR count). The highest BCUT2D eigenvalue weighted by Gasteiger charge is 2.21. The molecule has 0 radical (unpaired) electrons. The first kappa shape index (κ1) is 19.9. The minimum absolute atomic E-state index is 0.220. The average molecular weight is 407 g/mol. The summed E-state index contributed by atoms with van der Waals surface area (Å²) < 4.78 is 7.42. The predicted octanol–water partition coefficient (Wildman–Crippen LogP) is 3.69. The Morgan fingerprint density at radius 1 is 1.10 bits per heavy atom. The molecule has 0 spiro atoms. The number of aromatic nitrogens is 3. The van der Waals surface area contributed by atoms with Crippen LogP contribution < -0.4 is 15.4 Å². The van der Waals surface area contributed by atoms with Crippen molar-refractivity contribution in [3.63, 3.8) is 0 Å². The summed E-state index contributed by atoms with van der Waals surface area (Å²) in [4.78, 5) is 34.0. The van der Waals surface area contributed by atoms with Gasteiger partial charge in [0, 0.05) is 31.3 Å². The zero-order valence-electron chi connectivity index (χ0n) is 17.4. The van der Waals surface area contributed by atoms with Crippen molar-refractivity contribution in [2.45, 2.75) is 46.1 Å². The average Bonchev–Trinajstić information content (AvgIpc) is 2.88. The number of rotatable bonds is 4. The van der Waals surface area contributed by atoms with E-state index >= 15 is 0 Å². The van der Waals surface area contributed by atoms with E-state index in [9.17, 15) is 9.59 Å². The first-order valence-electron chi connectivity index (χ1n) is 10.1. The number of nitrogens with zero attached hydrogens (tertiary/aromatic N) is 3. The highest BCUT2D eigenvalue weighted by molar-refractivity contribution is 6.11. The Balaban J connectivity index is 1.69. The Morgan fingerprint density at radius 3 is 2.70 bits per heavy atom. The molecule has 8 nitrogen and oxygen atoms in total. The standard InChI is InChI=1S/C22H25N5O3/c1-13-11-16(20-21(23-13)27-10-6-4-5-7-19(27)26-20)22(29)25-15-8-9-18(30-3)17(12-15)24-14(2)28/h8-9,11-12H,4-7,10H2,1-3H3,(H,24,28)(H,25,29). The molecule has 30 heavy (non-hydrogen) atoms.